The Morgan fingerprint density at radius 1 is 0.857 bits per heavy atom. The largest absolute Gasteiger partial charge is 0.479 e. The van der Waals surface area contributed by atoms with Gasteiger partial charge in [-0.25, -0.2) is 4.79 Å². The second kappa shape index (κ2) is 9.06. The second-order valence-electron chi connectivity index (χ2n) is 5.98. The Balaban J connectivity index is 1.56. The molecule has 3 aromatic carbocycles. The number of benzene rings is 3. The van der Waals surface area contributed by atoms with E-state index in [1.165, 1.54) is 0 Å². The molecule has 0 radical (unpaired) electrons. The first-order valence-electron chi connectivity index (χ1n) is 8.61. The number of hydrogen-bond acceptors (Lipinski definition) is 4. The van der Waals surface area contributed by atoms with Crippen molar-refractivity contribution in [1.29, 1.82) is 0 Å². The summed E-state index contributed by atoms with van der Waals surface area (Å²) in [5.41, 5.74) is 1.07. The molecule has 0 aliphatic carbocycles. The maximum Gasteiger partial charge on any atom is 0.352 e. The highest BCUT2D eigenvalue weighted by atomic mass is 35.5. The van der Waals surface area contributed by atoms with Crippen LogP contribution < -0.4 is 14.8 Å². The average Bonchev–Trinajstić information content (AvgIpc) is 2.71. The van der Waals surface area contributed by atoms with E-state index in [0.29, 0.717) is 27.8 Å². The van der Waals surface area contributed by atoms with Gasteiger partial charge in [0, 0.05) is 16.3 Å². The van der Waals surface area contributed by atoms with Gasteiger partial charge in [-0.2, -0.15) is 0 Å². The molecule has 3 aromatic rings. The summed E-state index contributed by atoms with van der Waals surface area (Å²) in [5, 5.41) is 3.36. The van der Waals surface area contributed by atoms with Crippen molar-refractivity contribution in [3.05, 3.63) is 89.4 Å². The molecule has 1 N–H and O–H groups in total. The maximum atomic E-state index is 12.3. The lowest BCUT2D eigenvalue weighted by Crippen LogP contribution is -2.28. The molecular formula is C22H18ClNO4. The molecule has 5 nitrogen and oxygen atoms in total. The topological polar surface area (TPSA) is 64.6 Å². The number of carbonyl (C=O) groups is 2. The Morgan fingerprint density at radius 3 is 2.14 bits per heavy atom. The number of nitrogens with one attached hydrogen (secondary N) is 1. The van der Waals surface area contributed by atoms with E-state index < -0.39 is 12.1 Å². The van der Waals surface area contributed by atoms with Gasteiger partial charge in [0.25, 0.3) is 5.91 Å². The number of hydrogen-bond donors (Lipinski definition) is 1. The predicted octanol–water partition coefficient (Wildman–Crippen LogP) is 4.97. The third-order valence-corrected chi connectivity index (χ3v) is 4.08. The lowest BCUT2D eigenvalue weighted by atomic mass is 10.2. The van der Waals surface area contributed by atoms with Crippen LogP contribution in [0.3, 0.4) is 0 Å². The first kappa shape index (κ1) is 19.5. The number of amides is 1. The number of anilines is 1. The van der Waals surface area contributed by atoms with Crippen LogP contribution in [-0.2, 0) is 4.79 Å². The minimum atomic E-state index is -0.768. The average molecular weight is 396 g/mol. The van der Waals surface area contributed by atoms with Crippen LogP contribution in [-0.4, -0.2) is 18.0 Å². The fraction of sp³-hybridized carbons (Fsp3) is 0.0909. The van der Waals surface area contributed by atoms with Gasteiger partial charge in [-0.05, 0) is 67.6 Å². The van der Waals surface area contributed by atoms with Crippen molar-refractivity contribution in [1.82, 2.24) is 0 Å². The number of halogens is 1. The van der Waals surface area contributed by atoms with Gasteiger partial charge in [0.05, 0.1) is 0 Å². The normalized spacial score (nSPS) is 11.4. The van der Waals surface area contributed by atoms with Gasteiger partial charge in [0.1, 0.15) is 11.5 Å². The molecule has 0 saturated heterocycles. The van der Waals surface area contributed by atoms with Crippen LogP contribution in [0.4, 0.5) is 5.69 Å². The minimum Gasteiger partial charge on any atom is -0.479 e. The molecular weight excluding hydrogens is 378 g/mol. The fourth-order valence-corrected chi connectivity index (χ4v) is 2.49. The van der Waals surface area contributed by atoms with Crippen molar-refractivity contribution in [2.24, 2.45) is 0 Å². The monoisotopic (exact) mass is 395 g/mol. The summed E-state index contributed by atoms with van der Waals surface area (Å²) in [4.78, 5) is 24.4. The minimum absolute atomic E-state index is 0.277. The van der Waals surface area contributed by atoms with Gasteiger partial charge in [-0.1, -0.05) is 29.8 Å². The van der Waals surface area contributed by atoms with Gasteiger partial charge in [0.15, 0.2) is 6.10 Å². The molecule has 1 atom stereocenters. The summed E-state index contributed by atoms with van der Waals surface area (Å²) in [5.74, 6) is 0.112. The van der Waals surface area contributed by atoms with Crippen LogP contribution >= 0.6 is 11.6 Å². The Bertz CT molecular complexity index is 941. The van der Waals surface area contributed by atoms with E-state index in [9.17, 15) is 9.59 Å². The third kappa shape index (κ3) is 5.34. The van der Waals surface area contributed by atoms with Crippen molar-refractivity contribution in [2.75, 3.05) is 5.32 Å². The molecule has 1 amide bonds. The Morgan fingerprint density at radius 2 is 1.50 bits per heavy atom. The van der Waals surface area contributed by atoms with E-state index in [-0.39, 0.29) is 5.91 Å². The summed E-state index contributed by atoms with van der Waals surface area (Å²) in [7, 11) is 0. The zero-order chi connectivity index (χ0) is 19.9. The van der Waals surface area contributed by atoms with Gasteiger partial charge in [0.2, 0.25) is 0 Å². The zero-order valence-electron chi connectivity index (χ0n) is 15.1. The van der Waals surface area contributed by atoms with Crippen LogP contribution in [0.25, 0.3) is 0 Å². The molecule has 6 heteroatoms. The molecule has 142 valence electrons. The molecule has 0 heterocycles. The van der Waals surface area contributed by atoms with E-state index >= 15 is 0 Å². The van der Waals surface area contributed by atoms with Crippen molar-refractivity contribution in [2.45, 2.75) is 13.0 Å². The van der Waals surface area contributed by atoms with Gasteiger partial charge in [-0.15, -0.1) is 0 Å². The second-order valence-corrected chi connectivity index (χ2v) is 6.42. The highest BCUT2D eigenvalue weighted by Crippen LogP contribution is 2.18. The van der Waals surface area contributed by atoms with Crippen LogP contribution in [0.2, 0.25) is 5.02 Å². The molecule has 0 fully saturated rings. The fourth-order valence-electron chi connectivity index (χ4n) is 2.36. The Kier molecular flexibility index (Phi) is 6.29. The molecule has 0 aliphatic rings. The quantitative estimate of drug-likeness (QED) is 0.473. The summed E-state index contributed by atoms with van der Waals surface area (Å²) >= 11 is 5.83. The summed E-state index contributed by atoms with van der Waals surface area (Å²) in [6.07, 6.45) is -0.768. The SMILES string of the molecule is CC(Oc1ccccc1)C(=O)Oc1ccc(C(=O)Nc2ccc(Cl)cc2)cc1. The van der Waals surface area contributed by atoms with Crippen molar-refractivity contribution < 1.29 is 19.1 Å². The highest BCUT2D eigenvalue weighted by Gasteiger charge is 2.17. The van der Waals surface area contributed by atoms with Crippen molar-refractivity contribution >= 4 is 29.2 Å². The molecule has 1 unspecified atom stereocenters. The number of carbonyl (C=O) groups excluding carboxylic acids is 2. The maximum absolute atomic E-state index is 12.3. The lowest BCUT2D eigenvalue weighted by Gasteiger charge is -2.14. The number of para-hydroxylation sites is 1. The van der Waals surface area contributed by atoms with Crippen LogP contribution in [0, 0.1) is 0 Å². The van der Waals surface area contributed by atoms with E-state index in [2.05, 4.69) is 5.32 Å². The first-order valence-corrected chi connectivity index (χ1v) is 8.99. The van der Waals surface area contributed by atoms with Crippen LogP contribution in [0.5, 0.6) is 11.5 Å². The molecule has 0 bridgehead atoms. The lowest BCUT2D eigenvalue weighted by molar-refractivity contribution is -0.141. The van der Waals surface area contributed by atoms with Gasteiger partial charge < -0.3 is 14.8 Å². The third-order valence-electron chi connectivity index (χ3n) is 3.83. The van der Waals surface area contributed by atoms with Crippen molar-refractivity contribution in [3.8, 4) is 11.5 Å². The van der Waals surface area contributed by atoms with Crippen LogP contribution in [0.15, 0.2) is 78.9 Å². The number of rotatable bonds is 6. The molecule has 3 rings (SSSR count). The van der Waals surface area contributed by atoms with E-state index in [0.717, 1.165) is 0 Å². The molecule has 0 saturated carbocycles. The number of esters is 1. The summed E-state index contributed by atoms with van der Waals surface area (Å²) in [6.45, 7) is 1.61. The van der Waals surface area contributed by atoms with Gasteiger partial charge >= 0.3 is 5.97 Å². The van der Waals surface area contributed by atoms with E-state index in [1.54, 1.807) is 67.6 Å². The van der Waals surface area contributed by atoms with E-state index in [4.69, 9.17) is 21.1 Å². The molecule has 28 heavy (non-hydrogen) atoms. The van der Waals surface area contributed by atoms with Gasteiger partial charge in [-0.3, -0.25) is 4.79 Å². The predicted molar refractivity (Wildman–Crippen MR) is 108 cm³/mol. The summed E-state index contributed by atoms with van der Waals surface area (Å²) < 4.78 is 10.8. The Hall–Kier alpha value is -3.31. The molecule has 0 aromatic heterocycles. The van der Waals surface area contributed by atoms with Crippen molar-refractivity contribution in [3.63, 3.8) is 0 Å². The highest BCUT2D eigenvalue weighted by molar-refractivity contribution is 6.30. The first-order chi connectivity index (χ1) is 13.5. The van der Waals surface area contributed by atoms with E-state index in [1.807, 2.05) is 18.2 Å². The summed E-state index contributed by atoms with van der Waals surface area (Å²) in [6, 6.07) is 22.1. The number of ether oxygens (including phenoxy) is 2. The molecule has 0 spiro atoms. The Labute approximate surface area is 167 Å². The standard InChI is InChI=1S/C22H18ClNO4/c1-15(27-19-5-3-2-4-6-19)22(26)28-20-13-7-16(8-14-20)21(25)24-18-11-9-17(23)10-12-18/h2-15H,1H3,(H,24,25). The van der Waals surface area contributed by atoms with Crippen LogP contribution in [0.1, 0.15) is 17.3 Å². The smallest absolute Gasteiger partial charge is 0.352 e. The zero-order valence-corrected chi connectivity index (χ0v) is 15.8. The molecule has 0 aliphatic heterocycles.